The van der Waals surface area contributed by atoms with E-state index >= 15 is 0 Å². The SMILES string of the molecule is CC/C=C\C/C=C\C/C=C\C/C=C\C/C=C\CCCC(=O)OC(COC(=O)CC/C=C\C/C=C\C/C=C\C/C=C\CC)COP(=O)(O)OCC(CO)OC(=O)CCCCCCCCCCCCC. The average Bonchev–Trinajstić information content (AvgIpc) is 3.32. The van der Waals surface area contributed by atoms with Crippen LogP contribution < -0.4 is 0 Å². The van der Waals surface area contributed by atoms with Gasteiger partial charge in [-0.3, -0.25) is 23.4 Å². The zero-order valence-corrected chi connectivity index (χ0v) is 43.2. The molecule has 68 heavy (non-hydrogen) atoms. The summed E-state index contributed by atoms with van der Waals surface area (Å²) in [4.78, 5) is 48.2. The number of esters is 3. The molecule has 0 radical (unpaired) electrons. The maximum atomic E-state index is 12.8. The van der Waals surface area contributed by atoms with Gasteiger partial charge in [-0.25, -0.2) is 4.57 Å². The Labute approximate surface area is 412 Å². The Morgan fingerprint density at radius 1 is 0.426 bits per heavy atom. The molecule has 11 nitrogen and oxygen atoms in total. The van der Waals surface area contributed by atoms with Crippen molar-refractivity contribution in [3.05, 3.63) is 109 Å². The van der Waals surface area contributed by atoms with Crippen LogP contribution in [0.4, 0.5) is 0 Å². The molecular weight excluding hydrogens is 880 g/mol. The molecule has 0 bridgehead atoms. The van der Waals surface area contributed by atoms with Crippen molar-refractivity contribution in [1.29, 1.82) is 0 Å². The number of hydrogen-bond acceptors (Lipinski definition) is 10. The second kappa shape index (κ2) is 49.6. The van der Waals surface area contributed by atoms with E-state index in [1.165, 1.54) is 44.9 Å². The first kappa shape index (κ1) is 64.1. The smallest absolute Gasteiger partial charge is 0.462 e. The van der Waals surface area contributed by atoms with Crippen LogP contribution in [0.15, 0.2) is 109 Å². The largest absolute Gasteiger partial charge is 0.472 e. The molecule has 0 aliphatic carbocycles. The van der Waals surface area contributed by atoms with Gasteiger partial charge in [0.05, 0.1) is 19.8 Å². The predicted octanol–water partition coefficient (Wildman–Crippen LogP) is 14.7. The summed E-state index contributed by atoms with van der Waals surface area (Å²) < 4.78 is 39.2. The Hall–Kier alpha value is -3.86. The van der Waals surface area contributed by atoms with E-state index in [0.29, 0.717) is 25.7 Å². The van der Waals surface area contributed by atoms with E-state index in [9.17, 15) is 28.9 Å². The number of rotatable bonds is 46. The zero-order valence-electron chi connectivity index (χ0n) is 42.3. The van der Waals surface area contributed by atoms with E-state index in [-0.39, 0.29) is 19.3 Å². The van der Waals surface area contributed by atoms with Crippen LogP contribution in [0, 0.1) is 0 Å². The van der Waals surface area contributed by atoms with E-state index in [1.54, 1.807) is 0 Å². The van der Waals surface area contributed by atoms with E-state index in [0.717, 1.165) is 77.0 Å². The van der Waals surface area contributed by atoms with Gasteiger partial charge in [-0.2, -0.15) is 0 Å². The number of unbranched alkanes of at least 4 members (excludes halogenated alkanes) is 11. The van der Waals surface area contributed by atoms with Crippen molar-refractivity contribution >= 4 is 25.7 Å². The number of aliphatic hydroxyl groups excluding tert-OH is 1. The molecule has 0 heterocycles. The van der Waals surface area contributed by atoms with E-state index in [1.807, 2.05) is 24.3 Å². The lowest BCUT2D eigenvalue weighted by molar-refractivity contribution is -0.161. The number of aliphatic hydroxyl groups is 1. The molecular formula is C56H91O11P. The quantitative estimate of drug-likeness (QED) is 0.0197. The summed E-state index contributed by atoms with van der Waals surface area (Å²) in [5.41, 5.74) is 0. The number of phosphoric acid groups is 1. The molecule has 0 aromatic carbocycles. The van der Waals surface area contributed by atoms with Crippen molar-refractivity contribution in [1.82, 2.24) is 0 Å². The van der Waals surface area contributed by atoms with Crippen molar-refractivity contribution in [2.45, 2.75) is 200 Å². The molecule has 0 fully saturated rings. The minimum Gasteiger partial charge on any atom is -0.462 e. The Kier molecular flexibility index (Phi) is 46.7. The molecule has 0 aliphatic rings. The molecule has 0 amide bonds. The second-order valence-electron chi connectivity index (χ2n) is 16.6. The highest BCUT2D eigenvalue weighted by Gasteiger charge is 2.28. The molecule has 0 aromatic rings. The van der Waals surface area contributed by atoms with Gasteiger partial charge in [0.1, 0.15) is 12.7 Å². The minimum atomic E-state index is -4.77. The lowest BCUT2D eigenvalue weighted by atomic mass is 10.1. The van der Waals surface area contributed by atoms with E-state index < -0.39 is 64.4 Å². The van der Waals surface area contributed by atoms with Gasteiger partial charge in [0, 0.05) is 19.3 Å². The van der Waals surface area contributed by atoms with E-state index in [2.05, 4.69) is 106 Å². The maximum Gasteiger partial charge on any atom is 0.472 e. The van der Waals surface area contributed by atoms with Crippen LogP contribution in [0.5, 0.6) is 0 Å². The van der Waals surface area contributed by atoms with Gasteiger partial charge in [0.15, 0.2) is 6.10 Å². The van der Waals surface area contributed by atoms with Gasteiger partial charge in [-0.15, -0.1) is 0 Å². The second-order valence-corrected chi connectivity index (χ2v) is 18.0. The van der Waals surface area contributed by atoms with Crippen LogP contribution in [0.2, 0.25) is 0 Å². The fourth-order valence-electron chi connectivity index (χ4n) is 6.34. The topological polar surface area (TPSA) is 155 Å². The van der Waals surface area contributed by atoms with Gasteiger partial charge >= 0.3 is 25.7 Å². The fourth-order valence-corrected chi connectivity index (χ4v) is 7.13. The number of allylic oxidation sites excluding steroid dienone is 18. The first-order valence-electron chi connectivity index (χ1n) is 25.8. The minimum absolute atomic E-state index is 0.0701. The standard InChI is InChI=1S/C56H91O11P/c1-4-7-10-13-16-19-22-24-25-26-27-29-32-35-38-41-44-47-56(60)67-53(49-63-54(58)45-42-39-36-33-31-28-23-20-17-14-11-8-5-2)51-65-68(61,62)64-50-52(48-57)66-55(59)46-43-40-37-34-30-21-18-15-12-9-6-3/h7-8,10-11,16-17,19-20,24-25,27-29,31,35-36,38-39,52-53,57H,4-6,9,12-15,18,21-23,26,30,32-34,37,40-51H2,1-3H3,(H,61,62)/b10-7-,11-8-,19-16-,20-17-,25-24-,29-27-,31-28-,38-35-,39-36-. The molecule has 3 unspecified atom stereocenters. The highest BCUT2D eigenvalue weighted by atomic mass is 31.2. The first-order valence-corrected chi connectivity index (χ1v) is 27.3. The van der Waals surface area contributed by atoms with Crippen molar-refractivity contribution in [2.24, 2.45) is 0 Å². The highest BCUT2D eigenvalue weighted by molar-refractivity contribution is 7.47. The average molecular weight is 971 g/mol. The van der Waals surface area contributed by atoms with Gasteiger partial charge < -0.3 is 24.2 Å². The summed E-state index contributed by atoms with van der Waals surface area (Å²) in [5.74, 6) is -1.65. The molecule has 2 N–H and O–H groups in total. The van der Waals surface area contributed by atoms with Crippen LogP contribution in [0.3, 0.4) is 0 Å². The van der Waals surface area contributed by atoms with Crippen LogP contribution >= 0.6 is 7.82 Å². The summed E-state index contributed by atoms with van der Waals surface area (Å²) >= 11 is 0. The number of ether oxygens (including phenoxy) is 3. The fraction of sp³-hybridized carbons (Fsp3) is 0.625. The zero-order chi connectivity index (χ0) is 49.9. The van der Waals surface area contributed by atoms with Crippen LogP contribution in [-0.4, -0.2) is 66.5 Å². The molecule has 12 heteroatoms. The molecule has 0 rings (SSSR count). The van der Waals surface area contributed by atoms with Crippen molar-refractivity contribution in [3.63, 3.8) is 0 Å². The van der Waals surface area contributed by atoms with E-state index in [4.69, 9.17) is 23.3 Å². The lowest BCUT2D eigenvalue weighted by Gasteiger charge is -2.21. The van der Waals surface area contributed by atoms with Crippen LogP contribution in [0.1, 0.15) is 188 Å². The molecule has 0 spiro atoms. The van der Waals surface area contributed by atoms with Crippen molar-refractivity contribution < 1.29 is 52.2 Å². The third kappa shape index (κ3) is 47.2. The number of phosphoric ester groups is 1. The summed E-state index contributed by atoms with van der Waals surface area (Å²) in [6.07, 6.45) is 58.0. The summed E-state index contributed by atoms with van der Waals surface area (Å²) in [5, 5.41) is 9.76. The van der Waals surface area contributed by atoms with Crippen LogP contribution in [-0.2, 0) is 42.2 Å². The van der Waals surface area contributed by atoms with Gasteiger partial charge in [-0.05, 0) is 83.5 Å². The molecule has 3 atom stereocenters. The van der Waals surface area contributed by atoms with Crippen LogP contribution in [0.25, 0.3) is 0 Å². The number of carbonyl (C=O) groups is 3. The molecule has 0 aromatic heterocycles. The summed E-state index contributed by atoms with van der Waals surface area (Å²) in [6.45, 7) is 4.22. The predicted molar refractivity (Wildman–Crippen MR) is 279 cm³/mol. The molecule has 0 saturated carbocycles. The third-order valence-electron chi connectivity index (χ3n) is 10.2. The Bertz CT molecular complexity index is 1550. The third-order valence-corrected chi connectivity index (χ3v) is 11.2. The van der Waals surface area contributed by atoms with Gasteiger partial charge in [0.25, 0.3) is 0 Å². The Morgan fingerprint density at radius 3 is 1.24 bits per heavy atom. The van der Waals surface area contributed by atoms with Crippen molar-refractivity contribution in [3.8, 4) is 0 Å². The molecule has 0 saturated heterocycles. The number of hydrogen-bond donors (Lipinski definition) is 2. The summed E-state index contributed by atoms with van der Waals surface area (Å²) in [6, 6.07) is 0. The Morgan fingerprint density at radius 2 is 0.794 bits per heavy atom. The van der Waals surface area contributed by atoms with Gasteiger partial charge in [-0.1, -0.05) is 194 Å². The highest BCUT2D eigenvalue weighted by Crippen LogP contribution is 2.43. The number of carbonyl (C=O) groups excluding carboxylic acids is 3. The molecule has 0 aliphatic heterocycles. The maximum absolute atomic E-state index is 12.8. The Balaban J connectivity index is 4.94. The first-order chi connectivity index (χ1) is 33.2. The summed E-state index contributed by atoms with van der Waals surface area (Å²) in [7, 11) is -4.77. The normalized spacial score (nSPS) is 14.4. The lowest BCUT2D eigenvalue weighted by Crippen LogP contribution is -2.30. The van der Waals surface area contributed by atoms with Gasteiger partial charge in [0.2, 0.25) is 0 Å². The monoisotopic (exact) mass is 971 g/mol. The van der Waals surface area contributed by atoms with Crippen molar-refractivity contribution in [2.75, 3.05) is 26.4 Å². The molecule has 386 valence electrons.